The fourth-order valence-corrected chi connectivity index (χ4v) is 3.74. The normalized spacial score (nSPS) is 18.4. The van der Waals surface area contributed by atoms with Gasteiger partial charge in [-0.15, -0.1) is 11.3 Å². The first-order valence-electron chi connectivity index (χ1n) is 8.28. The molecular weight excluding hydrogens is 308 g/mol. The van der Waals surface area contributed by atoms with Crippen molar-refractivity contribution < 1.29 is 4.79 Å². The van der Waals surface area contributed by atoms with Crippen molar-refractivity contribution in [3.8, 4) is 0 Å². The number of imidazole rings is 1. The van der Waals surface area contributed by atoms with Gasteiger partial charge in [0.05, 0.1) is 6.04 Å². The highest BCUT2D eigenvalue weighted by Crippen LogP contribution is 2.24. The van der Waals surface area contributed by atoms with Gasteiger partial charge >= 0.3 is 0 Å². The molecule has 2 aromatic rings. The van der Waals surface area contributed by atoms with Gasteiger partial charge in [0.25, 0.3) is 0 Å². The topological polar surface area (TPSA) is 59.0 Å². The van der Waals surface area contributed by atoms with E-state index in [4.69, 9.17) is 0 Å². The monoisotopic (exact) mass is 332 g/mol. The molecule has 0 aliphatic carbocycles. The van der Waals surface area contributed by atoms with Crippen molar-refractivity contribution in [2.45, 2.75) is 44.7 Å². The number of carbonyl (C=O) groups excluding carboxylic acids is 1. The maximum absolute atomic E-state index is 12.1. The largest absolute Gasteiger partial charge is 0.354 e. The second-order valence-corrected chi connectivity index (χ2v) is 7.10. The number of carbonyl (C=O) groups is 1. The lowest BCUT2D eigenvalue weighted by atomic mass is 9.98. The van der Waals surface area contributed by atoms with E-state index in [0.717, 1.165) is 31.8 Å². The third-order valence-electron chi connectivity index (χ3n) is 4.38. The Labute approximate surface area is 141 Å². The molecule has 3 heterocycles. The highest BCUT2D eigenvalue weighted by molar-refractivity contribution is 7.09. The molecule has 3 rings (SSSR count). The average molecular weight is 332 g/mol. The molecule has 0 bridgehead atoms. The number of hydrogen-bond acceptors (Lipinski definition) is 4. The van der Waals surface area contributed by atoms with Crippen LogP contribution in [-0.4, -0.2) is 34.6 Å². The Hall–Kier alpha value is -1.66. The molecule has 1 amide bonds. The first-order chi connectivity index (χ1) is 11.2. The van der Waals surface area contributed by atoms with Gasteiger partial charge in [-0.2, -0.15) is 0 Å². The second-order valence-electron chi connectivity index (χ2n) is 6.07. The van der Waals surface area contributed by atoms with Crippen molar-refractivity contribution in [3.63, 3.8) is 0 Å². The molecule has 1 aliphatic rings. The van der Waals surface area contributed by atoms with Crippen molar-refractivity contribution in [1.29, 1.82) is 0 Å². The van der Waals surface area contributed by atoms with Crippen molar-refractivity contribution in [3.05, 3.63) is 40.6 Å². The summed E-state index contributed by atoms with van der Waals surface area (Å²) in [5.74, 6) is 1.62. The van der Waals surface area contributed by atoms with Gasteiger partial charge in [-0.1, -0.05) is 6.07 Å². The zero-order valence-electron chi connectivity index (χ0n) is 13.5. The fourth-order valence-electron chi connectivity index (χ4n) is 3.03. The zero-order valence-corrected chi connectivity index (χ0v) is 14.3. The first-order valence-corrected chi connectivity index (χ1v) is 9.16. The predicted molar refractivity (Wildman–Crippen MR) is 92.7 cm³/mol. The van der Waals surface area contributed by atoms with Crippen LogP contribution in [0.25, 0.3) is 0 Å². The standard InChI is InChI=1S/C17H24N4OS/c1-13(17(22)19-7-6-15-5-3-11-23-15)20-12-14-4-2-9-21-10-8-18-16(14)21/h3,5,8,10-11,13-14,20H,2,4,6-7,9,12H2,1H3,(H,19,22)/t13-,14+/m1/s1. The summed E-state index contributed by atoms with van der Waals surface area (Å²) < 4.78 is 2.22. The van der Waals surface area contributed by atoms with E-state index in [-0.39, 0.29) is 11.9 Å². The van der Waals surface area contributed by atoms with E-state index in [1.54, 1.807) is 11.3 Å². The summed E-state index contributed by atoms with van der Waals surface area (Å²) in [6.07, 6.45) is 7.13. The predicted octanol–water partition coefficient (Wildman–Crippen LogP) is 2.16. The maximum atomic E-state index is 12.1. The lowest BCUT2D eigenvalue weighted by Gasteiger charge is -2.25. The van der Waals surface area contributed by atoms with Crippen LogP contribution in [0.1, 0.15) is 36.4 Å². The van der Waals surface area contributed by atoms with Crippen LogP contribution in [0.2, 0.25) is 0 Å². The van der Waals surface area contributed by atoms with E-state index < -0.39 is 0 Å². The molecular formula is C17H24N4OS. The molecule has 0 saturated carbocycles. The lowest BCUT2D eigenvalue weighted by molar-refractivity contribution is -0.122. The molecule has 0 radical (unpaired) electrons. The third kappa shape index (κ3) is 4.20. The van der Waals surface area contributed by atoms with Crippen molar-refractivity contribution in [2.24, 2.45) is 0 Å². The van der Waals surface area contributed by atoms with Crippen LogP contribution >= 0.6 is 11.3 Å². The van der Waals surface area contributed by atoms with Crippen LogP contribution in [0, 0.1) is 0 Å². The van der Waals surface area contributed by atoms with Crippen molar-refractivity contribution in [1.82, 2.24) is 20.2 Å². The number of aromatic nitrogens is 2. The van der Waals surface area contributed by atoms with Gasteiger partial charge in [0.15, 0.2) is 0 Å². The van der Waals surface area contributed by atoms with Gasteiger partial charge < -0.3 is 15.2 Å². The molecule has 0 spiro atoms. The highest BCUT2D eigenvalue weighted by atomic mass is 32.1. The minimum atomic E-state index is -0.177. The second kappa shape index (κ2) is 7.75. The quantitative estimate of drug-likeness (QED) is 0.817. The number of hydrogen-bond donors (Lipinski definition) is 2. The van der Waals surface area contributed by atoms with Crippen molar-refractivity contribution >= 4 is 17.2 Å². The summed E-state index contributed by atoms with van der Waals surface area (Å²) in [4.78, 5) is 17.9. The number of nitrogens with zero attached hydrogens (tertiary/aromatic N) is 2. The minimum absolute atomic E-state index is 0.0701. The molecule has 2 atom stereocenters. The number of thiophene rings is 1. The Morgan fingerprint density at radius 1 is 1.57 bits per heavy atom. The number of nitrogens with one attached hydrogen (secondary N) is 2. The van der Waals surface area contributed by atoms with Gasteiger partial charge in [0, 0.05) is 42.8 Å². The van der Waals surface area contributed by atoms with Crippen LogP contribution in [0.15, 0.2) is 29.9 Å². The van der Waals surface area contributed by atoms with Gasteiger partial charge in [0.1, 0.15) is 5.82 Å². The van der Waals surface area contributed by atoms with Crippen LogP contribution < -0.4 is 10.6 Å². The minimum Gasteiger partial charge on any atom is -0.354 e. The van der Waals surface area contributed by atoms with E-state index in [1.165, 1.54) is 11.3 Å². The molecule has 124 valence electrons. The molecule has 0 fully saturated rings. The molecule has 5 nitrogen and oxygen atoms in total. The van der Waals surface area contributed by atoms with E-state index in [2.05, 4.69) is 31.6 Å². The first kappa shape index (κ1) is 16.2. The summed E-state index contributed by atoms with van der Waals surface area (Å²) in [6.45, 7) is 4.48. The van der Waals surface area contributed by atoms with Gasteiger partial charge in [-0.3, -0.25) is 4.79 Å². The lowest BCUT2D eigenvalue weighted by Crippen LogP contribution is -2.44. The molecule has 6 heteroatoms. The fraction of sp³-hybridized carbons (Fsp3) is 0.529. The Morgan fingerprint density at radius 3 is 3.30 bits per heavy atom. The summed E-state index contributed by atoms with van der Waals surface area (Å²) in [5, 5.41) is 8.44. The molecule has 0 saturated heterocycles. The Morgan fingerprint density at radius 2 is 2.48 bits per heavy atom. The molecule has 1 aliphatic heterocycles. The number of amides is 1. The third-order valence-corrected chi connectivity index (χ3v) is 5.32. The van der Waals surface area contributed by atoms with Crippen LogP contribution in [-0.2, 0) is 17.8 Å². The van der Waals surface area contributed by atoms with Gasteiger partial charge in [-0.25, -0.2) is 4.98 Å². The van der Waals surface area contributed by atoms with E-state index in [9.17, 15) is 4.79 Å². The molecule has 0 unspecified atom stereocenters. The average Bonchev–Trinajstić information content (AvgIpc) is 3.23. The number of rotatable bonds is 7. The SMILES string of the molecule is C[C@@H](NC[C@@H]1CCCn2ccnc21)C(=O)NCCc1cccs1. The molecule has 23 heavy (non-hydrogen) atoms. The Bertz CT molecular complexity index is 622. The smallest absolute Gasteiger partial charge is 0.236 e. The van der Waals surface area contributed by atoms with E-state index in [1.807, 2.05) is 25.4 Å². The highest BCUT2D eigenvalue weighted by Gasteiger charge is 2.22. The summed E-state index contributed by atoms with van der Waals surface area (Å²) >= 11 is 1.73. The number of aryl methyl sites for hydroxylation is 1. The Kier molecular flexibility index (Phi) is 5.46. The van der Waals surface area contributed by atoms with Gasteiger partial charge in [0.2, 0.25) is 5.91 Å². The molecule has 2 aromatic heterocycles. The maximum Gasteiger partial charge on any atom is 0.236 e. The number of fused-ring (bicyclic) bond motifs is 1. The van der Waals surface area contributed by atoms with Crippen LogP contribution in [0.3, 0.4) is 0 Å². The van der Waals surface area contributed by atoms with Crippen LogP contribution in [0.5, 0.6) is 0 Å². The Balaban J connectivity index is 1.41. The van der Waals surface area contributed by atoms with Gasteiger partial charge in [-0.05, 0) is 37.6 Å². The zero-order chi connectivity index (χ0) is 16.1. The summed E-state index contributed by atoms with van der Waals surface area (Å²) in [5.41, 5.74) is 0. The van der Waals surface area contributed by atoms with Crippen molar-refractivity contribution in [2.75, 3.05) is 13.1 Å². The summed E-state index contributed by atoms with van der Waals surface area (Å²) in [7, 11) is 0. The summed E-state index contributed by atoms with van der Waals surface area (Å²) in [6, 6.07) is 3.97. The van der Waals surface area contributed by atoms with Crippen LogP contribution in [0.4, 0.5) is 0 Å². The van der Waals surface area contributed by atoms with E-state index >= 15 is 0 Å². The molecule has 0 aromatic carbocycles. The molecule has 2 N–H and O–H groups in total. The van der Waals surface area contributed by atoms with E-state index in [0.29, 0.717) is 12.5 Å².